The summed E-state index contributed by atoms with van der Waals surface area (Å²) in [4.78, 5) is 12.6. The van der Waals surface area contributed by atoms with Gasteiger partial charge in [0, 0.05) is 11.1 Å². The number of fused-ring (bicyclic) bond motifs is 1. The average molecular weight is 431 g/mol. The molecule has 1 amide bonds. The maximum absolute atomic E-state index is 12.6. The Hall–Kier alpha value is -4.51. The summed E-state index contributed by atoms with van der Waals surface area (Å²) in [7, 11) is 0. The second-order valence-electron chi connectivity index (χ2n) is 7.78. The number of hydrogen-bond acceptors (Lipinski definition) is 3. The summed E-state index contributed by atoms with van der Waals surface area (Å²) in [5.41, 5.74) is 8.63. The Morgan fingerprint density at radius 2 is 1.45 bits per heavy atom. The molecule has 160 valence electrons. The first-order chi connectivity index (χ1) is 16.2. The number of carbonyl (C=O) groups excluding carboxylic acids is 1. The third kappa shape index (κ3) is 4.29. The molecule has 0 aliphatic heterocycles. The molecule has 0 aliphatic carbocycles. The van der Waals surface area contributed by atoms with Gasteiger partial charge >= 0.3 is 0 Å². The summed E-state index contributed by atoms with van der Waals surface area (Å²) < 4.78 is 0. The number of aromatic nitrogens is 2. The molecular weight excluding hydrogens is 408 g/mol. The van der Waals surface area contributed by atoms with Gasteiger partial charge in [-0.1, -0.05) is 97.1 Å². The van der Waals surface area contributed by atoms with Crippen LogP contribution in [0.4, 0.5) is 0 Å². The molecule has 0 spiro atoms. The number of hydrogen-bond donors (Lipinski definition) is 2. The van der Waals surface area contributed by atoms with Crippen molar-refractivity contribution in [3.05, 3.63) is 114 Å². The van der Waals surface area contributed by atoms with E-state index in [2.05, 4.69) is 63.2 Å². The number of rotatable bonds is 5. The Morgan fingerprint density at radius 1 is 0.788 bits per heavy atom. The number of amides is 1. The van der Waals surface area contributed by atoms with Crippen molar-refractivity contribution in [2.24, 2.45) is 5.10 Å². The fourth-order valence-electron chi connectivity index (χ4n) is 3.85. The van der Waals surface area contributed by atoms with Crippen LogP contribution in [0.5, 0.6) is 0 Å². The van der Waals surface area contributed by atoms with E-state index in [0.717, 1.165) is 38.7 Å². The standard InChI is InChI=1S/C28H22N4O/c1-19(24-13-7-11-22-10-5-6-12-25(22)24)29-32-28(33)27-18-26(30-31-27)23-16-14-21(15-17-23)20-8-3-2-4-9-20/h2-18H,1H3,(H,30,31)(H,32,33)/b29-19+. The zero-order valence-electron chi connectivity index (χ0n) is 18.1. The number of aromatic amines is 1. The minimum absolute atomic E-state index is 0.339. The van der Waals surface area contributed by atoms with E-state index < -0.39 is 0 Å². The van der Waals surface area contributed by atoms with Crippen molar-refractivity contribution in [1.82, 2.24) is 15.6 Å². The quantitative estimate of drug-likeness (QED) is 0.263. The summed E-state index contributed by atoms with van der Waals surface area (Å²) in [6.45, 7) is 1.88. The van der Waals surface area contributed by atoms with E-state index in [1.165, 1.54) is 0 Å². The molecule has 5 nitrogen and oxygen atoms in total. The number of nitrogens with zero attached hydrogens (tertiary/aromatic N) is 2. The first kappa shape index (κ1) is 20.4. The third-order valence-electron chi connectivity index (χ3n) is 5.61. The summed E-state index contributed by atoms with van der Waals surface area (Å²) in [6.07, 6.45) is 0. The predicted molar refractivity (Wildman–Crippen MR) is 133 cm³/mol. The van der Waals surface area contributed by atoms with Crippen molar-refractivity contribution in [2.45, 2.75) is 6.92 Å². The van der Waals surface area contributed by atoms with Gasteiger partial charge in [-0.15, -0.1) is 0 Å². The van der Waals surface area contributed by atoms with Crippen LogP contribution >= 0.6 is 0 Å². The van der Waals surface area contributed by atoms with Crippen LogP contribution in [0.1, 0.15) is 23.0 Å². The molecule has 0 bridgehead atoms. The molecule has 33 heavy (non-hydrogen) atoms. The second-order valence-corrected chi connectivity index (χ2v) is 7.78. The lowest BCUT2D eigenvalue weighted by molar-refractivity contribution is 0.0950. The van der Waals surface area contributed by atoms with Gasteiger partial charge in [-0.05, 0) is 34.9 Å². The van der Waals surface area contributed by atoms with Crippen LogP contribution in [0, 0.1) is 0 Å². The minimum atomic E-state index is -0.339. The highest BCUT2D eigenvalue weighted by Gasteiger charge is 2.12. The molecule has 0 aliphatic rings. The topological polar surface area (TPSA) is 70.1 Å². The van der Waals surface area contributed by atoms with Gasteiger partial charge in [0.2, 0.25) is 0 Å². The van der Waals surface area contributed by atoms with Gasteiger partial charge in [0.1, 0.15) is 5.69 Å². The monoisotopic (exact) mass is 430 g/mol. The van der Waals surface area contributed by atoms with Crippen LogP contribution in [0.3, 0.4) is 0 Å². The molecule has 5 aromatic rings. The lowest BCUT2D eigenvalue weighted by Crippen LogP contribution is -2.19. The fraction of sp³-hybridized carbons (Fsp3) is 0.0357. The van der Waals surface area contributed by atoms with Crippen molar-refractivity contribution in [3.8, 4) is 22.4 Å². The highest BCUT2D eigenvalue weighted by Crippen LogP contribution is 2.24. The van der Waals surface area contributed by atoms with Crippen molar-refractivity contribution >= 4 is 22.4 Å². The molecule has 2 N–H and O–H groups in total. The van der Waals surface area contributed by atoms with E-state index in [1.807, 2.05) is 61.5 Å². The van der Waals surface area contributed by atoms with E-state index in [4.69, 9.17) is 0 Å². The first-order valence-electron chi connectivity index (χ1n) is 10.7. The number of benzene rings is 4. The largest absolute Gasteiger partial charge is 0.289 e. The summed E-state index contributed by atoms with van der Waals surface area (Å²) in [5, 5.41) is 13.7. The van der Waals surface area contributed by atoms with Crippen molar-refractivity contribution < 1.29 is 4.79 Å². The van der Waals surface area contributed by atoms with Gasteiger partial charge in [0.25, 0.3) is 5.91 Å². The van der Waals surface area contributed by atoms with E-state index >= 15 is 0 Å². The van der Waals surface area contributed by atoms with Crippen LogP contribution in [-0.4, -0.2) is 21.8 Å². The molecule has 1 aromatic heterocycles. The Labute approximate surface area is 191 Å². The lowest BCUT2D eigenvalue weighted by atomic mass is 10.0. The smallest absolute Gasteiger partial charge is 0.272 e. The fourth-order valence-corrected chi connectivity index (χ4v) is 3.85. The van der Waals surface area contributed by atoms with Gasteiger partial charge in [-0.3, -0.25) is 9.89 Å². The summed E-state index contributed by atoms with van der Waals surface area (Å²) >= 11 is 0. The highest BCUT2D eigenvalue weighted by atomic mass is 16.2. The number of hydrazone groups is 1. The van der Waals surface area contributed by atoms with E-state index in [9.17, 15) is 4.79 Å². The van der Waals surface area contributed by atoms with Gasteiger partial charge in [0.05, 0.1) is 11.4 Å². The third-order valence-corrected chi connectivity index (χ3v) is 5.61. The maximum Gasteiger partial charge on any atom is 0.289 e. The summed E-state index contributed by atoms with van der Waals surface area (Å²) in [5.74, 6) is -0.339. The van der Waals surface area contributed by atoms with Crippen molar-refractivity contribution in [2.75, 3.05) is 0 Å². The number of H-pyrrole nitrogens is 1. The number of nitrogens with one attached hydrogen (secondary N) is 2. The van der Waals surface area contributed by atoms with Crippen LogP contribution < -0.4 is 5.43 Å². The molecule has 0 atom stereocenters. The summed E-state index contributed by atoms with van der Waals surface area (Å²) in [6, 6.07) is 34.2. The van der Waals surface area contributed by atoms with Gasteiger partial charge in [-0.2, -0.15) is 10.2 Å². The average Bonchev–Trinajstić information content (AvgIpc) is 3.38. The Bertz CT molecular complexity index is 1450. The van der Waals surface area contributed by atoms with Crippen LogP contribution in [0.25, 0.3) is 33.2 Å². The Balaban J connectivity index is 1.31. The molecule has 0 saturated heterocycles. The van der Waals surface area contributed by atoms with Crippen molar-refractivity contribution in [3.63, 3.8) is 0 Å². The first-order valence-corrected chi connectivity index (χ1v) is 10.7. The van der Waals surface area contributed by atoms with Crippen LogP contribution in [-0.2, 0) is 0 Å². The van der Waals surface area contributed by atoms with Crippen molar-refractivity contribution in [1.29, 1.82) is 0 Å². The zero-order chi connectivity index (χ0) is 22.6. The molecular formula is C28H22N4O. The zero-order valence-corrected chi connectivity index (χ0v) is 18.1. The molecule has 0 fully saturated rings. The SMILES string of the molecule is C/C(=N\NC(=O)c1cc(-c2ccc(-c3ccccc3)cc2)n[nH]1)c1cccc2ccccc12. The van der Waals surface area contributed by atoms with E-state index in [-0.39, 0.29) is 5.91 Å². The molecule has 5 rings (SSSR count). The molecule has 4 aromatic carbocycles. The van der Waals surface area contributed by atoms with Crippen LogP contribution in [0.15, 0.2) is 108 Å². The van der Waals surface area contributed by atoms with E-state index in [1.54, 1.807) is 6.07 Å². The Morgan fingerprint density at radius 3 is 2.27 bits per heavy atom. The van der Waals surface area contributed by atoms with E-state index in [0.29, 0.717) is 11.4 Å². The lowest BCUT2D eigenvalue weighted by Gasteiger charge is -2.06. The maximum atomic E-state index is 12.6. The normalized spacial score (nSPS) is 11.5. The predicted octanol–water partition coefficient (Wildman–Crippen LogP) is 6.05. The molecule has 0 saturated carbocycles. The molecule has 0 unspecified atom stereocenters. The molecule has 1 heterocycles. The Kier molecular flexibility index (Phi) is 5.52. The van der Waals surface area contributed by atoms with Crippen LogP contribution in [0.2, 0.25) is 0 Å². The second kappa shape index (κ2) is 8.93. The van der Waals surface area contributed by atoms with Gasteiger partial charge in [0.15, 0.2) is 0 Å². The van der Waals surface area contributed by atoms with Gasteiger partial charge in [-0.25, -0.2) is 5.43 Å². The minimum Gasteiger partial charge on any atom is -0.272 e. The molecule has 5 heteroatoms. The molecule has 0 radical (unpaired) electrons. The van der Waals surface area contributed by atoms with Gasteiger partial charge < -0.3 is 0 Å². The number of carbonyl (C=O) groups is 1. The highest BCUT2D eigenvalue weighted by molar-refractivity contribution is 6.10.